The zero-order valence-electron chi connectivity index (χ0n) is 11.8. The third-order valence-corrected chi connectivity index (χ3v) is 2.81. The van der Waals surface area contributed by atoms with Crippen molar-refractivity contribution < 1.29 is 9.84 Å². The van der Waals surface area contributed by atoms with Crippen molar-refractivity contribution in [2.75, 3.05) is 7.11 Å². The Morgan fingerprint density at radius 2 is 1.29 bits per heavy atom. The van der Waals surface area contributed by atoms with Crippen molar-refractivity contribution in [3.8, 4) is 23.7 Å². The maximum atomic E-state index is 10.0. The summed E-state index contributed by atoms with van der Waals surface area (Å²) < 4.78 is 5.20. The molecule has 0 aliphatic carbocycles. The van der Waals surface area contributed by atoms with Gasteiger partial charge >= 0.3 is 0 Å². The first-order valence-electron chi connectivity index (χ1n) is 6.63. The van der Waals surface area contributed by atoms with Gasteiger partial charge in [0.2, 0.25) is 0 Å². The first-order chi connectivity index (χ1) is 10.3. The van der Waals surface area contributed by atoms with Crippen molar-refractivity contribution >= 4 is 0 Å². The molecule has 2 aromatic carbocycles. The molecular formula is C19H16O2. The number of hydrogen-bond acceptors (Lipinski definition) is 2. The van der Waals surface area contributed by atoms with Crippen LogP contribution in [0.15, 0.2) is 60.7 Å². The summed E-state index contributed by atoms with van der Waals surface area (Å²) in [4.78, 5) is 0. The second-order valence-corrected chi connectivity index (χ2v) is 4.37. The maximum absolute atomic E-state index is 10.0. The summed E-state index contributed by atoms with van der Waals surface area (Å²) in [6, 6.07) is 19.1. The molecule has 0 aromatic heterocycles. The Labute approximate surface area is 125 Å². The van der Waals surface area contributed by atoms with E-state index in [9.17, 15) is 5.11 Å². The molecular weight excluding hydrogens is 260 g/mol. The van der Waals surface area contributed by atoms with Crippen molar-refractivity contribution in [3.63, 3.8) is 0 Å². The summed E-state index contributed by atoms with van der Waals surface area (Å²) in [6.07, 6.45) is -1.59. The fourth-order valence-electron chi connectivity index (χ4n) is 1.70. The number of rotatable bonds is 2. The molecule has 0 saturated carbocycles. The largest absolute Gasteiger partial charge is 0.377 e. The monoisotopic (exact) mass is 276 g/mol. The molecule has 0 radical (unpaired) electrons. The third-order valence-electron chi connectivity index (χ3n) is 2.81. The van der Waals surface area contributed by atoms with E-state index < -0.39 is 12.2 Å². The highest BCUT2D eigenvalue weighted by atomic mass is 16.5. The zero-order valence-corrected chi connectivity index (χ0v) is 11.8. The van der Waals surface area contributed by atoms with Crippen molar-refractivity contribution in [1.82, 2.24) is 0 Å². The fourth-order valence-corrected chi connectivity index (χ4v) is 1.70. The highest BCUT2D eigenvalue weighted by molar-refractivity contribution is 5.37. The number of methoxy groups -OCH3 is 1. The molecule has 21 heavy (non-hydrogen) atoms. The smallest absolute Gasteiger partial charge is 0.155 e. The molecule has 0 aliphatic rings. The molecule has 0 unspecified atom stereocenters. The van der Waals surface area contributed by atoms with Crippen molar-refractivity contribution in [2.24, 2.45) is 0 Å². The van der Waals surface area contributed by atoms with E-state index in [2.05, 4.69) is 23.7 Å². The predicted molar refractivity (Wildman–Crippen MR) is 83.4 cm³/mol. The van der Waals surface area contributed by atoms with Crippen LogP contribution in [0.2, 0.25) is 0 Å². The van der Waals surface area contributed by atoms with Gasteiger partial charge in [0.15, 0.2) is 12.2 Å². The van der Waals surface area contributed by atoms with Crippen LogP contribution in [-0.2, 0) is 4.74 Å². The Morgan fingerprint density at radius 1 is 0.810 bits per heavy atom. The second kappa shape index (κ2) is 7.92. The highest BCUT2D eigenvalue weighted by Crippen LogP contribution is 2.01. The highest BCUT2D eigenvalue weighted by Gasteiger charge is 2.12. The lowest BCUT2D eigenvalue weighted by Crippen LogP contribution is -2.24. The Hall–Kier alpha value is -2.52. The van der Waals surface area contributed by atoms with E-state index in [4.69, 9.17) is 4.74 Å². The summed E-state index contributed by atoms with van der Waals surface area (Å²) in [6.45, 7) is 0. The minimum Gasteiger partial charge on any atom is -0.377 e. The summed E-state index contributed by atoms with van der Waals surface area (Å²) >= 11 is 0. The van der Waals surface area contributed by atoms with E-state index >= 15 is 0 Å². The van der Waals surface area contributed by atoms with Crippen LogP contribution in [-0.4, -0.2) is 24.4 Å². The average Bonchev–Trinajstić information content (AvgIpc) is 2.55. The van der Waals surface area contributed by atoms with E-state index in [-0.39, 0.29) is 0 Å². The van der Waals surface area contributed by atoms with Crippen molar-refractivity contribution in [3.05, 3.63) is 71.8 Å². The van der Waals surface area contributed by atoms with Crippen molar-refractivity contribution in [2.45, 2.75) is 12.2 Å². The fraction of sp³-hybridized carbons (Fsp3) is 0.158. The van der Waals surface area contributed by atoms with Gasteiger partial charge in [-0.05, 0) is 24.3 Å². The summed E-state index contributed by atoms with van der Waals surface area (Å²) in [5.74, 6) is 11.5. The summed E-state index contributed by atoms with van der Waals surface area (Å²) in [5.41, 5.74) is 1.73. The van der Waals surface area contributed by atoms with Crippen LogP contribution < -0.4 is 0 Å². The molecule has 2 nitrogen and oxygen atoms in total. The van der Waals surface area contributed by atoms with Gasteiger partial charge in [0.25, 0.3) is 0 Å². The van der Waals surface area contributed by atoms with E-state index in [0.29, 0.717) is 0 Å². The first kappa shape index (κ1) is 14.9. The van der Waals surface area contributed by atoms with E-state index in [1.54, 1.807) is 0 Å². The van der Waals surface area contributed by atoms with Crippen LogP contribution in [0.4, 0.5) is 0 Å². The quantitative estimate of drug-likeness (QED) is 0.854. The van der Waals surface area contributed by atoms with Gasteiger partial charge in [-0.15, -0.1) is 0 Å². The molecule has 2 heteroatoms. The normalized spacial score (nSPS) is 12.3. The van der Waals surface area contributed by atoms with Crippen LogP contribution in [0.5, 0.6) is 0 Å². The lowest BCUT2D eigenvalue weighted by Gasteiger charge is -2.10. The van der Waals surface area contributed by atoms with Gasteiger partial charge in [-0.3, -0.25) is 0 Å². The van der Waals surface area contributed by atoms with E-state index in [1.165, 1.54) is 7.11 Å². The van der Waals surface area contributed by atoms with Crippen LogP contribution in [0.25, 0.3) is 0 Å². The molecule has 104 valence electrons. The lowest BCUT2D eigenvalue weighted by molar-refractivity contribution is 0.0538. The standard InChI is InChI=1S/C19H16O2/c1-21-19(15-13-17-10-6-3-7-11-17)18(20)14-12-16-8-4-2-5-9-16/h2-11,18-20H,1H3/t18-,19+/m0/s1. The van der Waals surface area contributed by atoms with E-state index in [1.807, 2.05) is 60.7 Å². The molecule has 1 N–H and O–H groups in total. The predicted octanol–water partition coefficient (Wildman–Crippen LogP) is 2.47. The Morgan fingerprint density at radius 3 is 1.76 bits per heavy atom. The number of benzene rings is 2. The third kappa shape index (κ3) is 4.82. The molecule has 2 rings (SSSR count). The van der Waals surface area contributed by atoms with Crippen LogP contribution in [0.1, 0.15) is 11.1 Å². The number of aliphatic hydroxyl groups excluding tert-OH is 1. The molecule has 0 heterocycles. The van der Waals surface area contributed by atoms with Gasteiger partial charge in [0, 0.05) is 18.2 Å². The van der Waals surface area contributed by atoms with Gasteiger partial charge in [0.05, 0.1) is 0 Å². The Kier molecular flexibility index (Phi) is 5.61. The van der Waals surface area contributed by atoms with Gasteiger partial charge in [-0.25, -0.2) is 0 Å². The van der Waals surface area contributed by atoms with Crippen LogP contribution >= 0.6 is 0 Å². The number of hydrogen-bond donors (Lipinski definition) is 1. The zero-order chi connectivity index (χ0) is 14.9. The van der Waals surface area contributed by atoms with Crippen LogP contribution in [0.3, 0.4) is 0 Å². The topological polar surface area (TPSA) is 29.5 Å². The van der Waals surface area contributed by atoms with Gasteiger partial charge in [-0.1, -0.05) is 60.1 Å². The minimum absolute atomic E-state index is 0.638. The molecule has 0 saturated heterocycles. The van der Waals surface area contributed by atoms with Crippen molar-refractivity contribution in [1.29, 1.82) is 0 Å². The summed E-state index contributed by atoms with van der Waals surface area (Å²) in [7, 11) is 1.51. The average molecular weight is 276 g/mol. The summed E-state index contributed by atoms with van der Waals surface area (Å²) in [5, 5.41) is 10.0. The molecule has 0 fully saturated rings. The Bertz CT molecular complexity index is 669. The van der Waals surface area contributed by atoms with Gasteiger partial charge < -0.3 is 9.84 Å². The molecule has 2 aromatic rings. The number of ether oxygens (including phenoxy) is 1. The van der Waals surface area contributed by atoms with Crippen LogP contribution in [0, 0.1) is 23.7 Å². The van der Waals surface area contributed by atoms with Gasteiger partial charge in [-0.2, -0.15) is 0 Å². The number of aliphatic hydroxyl groups is 1. The maximum Gasteiger partial charge on any atom is 0.155 e. The SMILES string of the molecule is CO[C@H](C#Cc1ccccc1)[C@@H](O)C#Cc1ccccc1. The second-order valence-electron chi connectivity index (χ2n) is 4.37. The molecule has 0 spiro atoms. The van der Waals surface area contributed by atoms with E-state index in [0.717, 1.165) is 11.1 Å². The first-order valence-corrected chi connectivity index (χ1v) is 6.63. The molecule has 0 amide bonds. The van der Waals surface area contributed by atoms with Gasteiger partial charge in [0.1, 0.15) is 0 Å². The Balaban J connectivity index is 2.08. The molecule has 0 aliphatic heterocycles. The lowest BCUT2D eigenvalue weighted by atomic mass is 10.1. The molecule has 2 atom stereocenters. The minimum atomic E-state index is -0.952. The molecule has 0 bridgehead atoms.